The summed E-state index contributed by atoms with van der Waals surface area (Å²) in [6, 6.07) is 20.8. The summed E-state index contributed by atoms with van der Waals surface area (Å²) in [7, 11) is 0. The van der Waals surface area contributed by atoms with E-state index < -0.39 is 0 Å². The van der Waals surface area contributed by atoms with E-state index in [1.54, 1.807) is 0 Å². The number of hydrogen-bond acceptors (Lipinski definition) is 2. The fraction of sp³-hybridized carbons (Fsp3) is 0.174. The van der Waals surface area contributed by atoms with Crippen LogP contribution in [0.2, 0.25) is 0 Å². The number of aryl methyl sites for hydroxylation is 1. The summed E-state index contributed by atoms with van der Waals surface area (Å²) in [5, 5.41) is 0. The third-order valence-electron chi connectivity index (χ3n) is 4.92. The molecule has 0 fully saturated rings. The van der Waals surface area contributed by atoms with Crippen molar-refractivity contribution in [2.45, 2.75) is 26.3 Å². The molecule has 3 nitrogen and oxygen atoms in total. The zero-order chi connectivity index (χ0) is 18.1. The maximum Gasteiger partial charge on any atom is 0.360 e. The van der Waals surface area contributed by atoms with Gasteiger partial charge in [-0.1, -0.05) is 68.1 Å². The van der Waals surface area contributed by atoms with Gasteiger partial charge in [0.1, 0.15) is 11.5 Å². The Morgan fingerprint density at radius 2 is 1.77 bits per heavy atom. The number of aromatic nitrogens is 1. The normalized spacial score (nSPS) is 13.4. The zero-order valence-corrected chi connectivity index (χ0v) is 14.9. The molecule has 3 aromatic rings. The molecule has 26 heavy (non-hydrogen) atoms. The van der Waals surface area contributed by atoms with Gasteiger partial charge in [-0.15, -0.1) is 0 Å². The molecular weight excluding hydrogens is 322 g/mol. The highest BCUT2D eigenvalue weighted by Gasteiger charge is 2.26. The van der Waals surface area contributed by atoms with Gasteiger partial charge in [0.15, 0.2) is 0 Å². The van der Waals surface area contributed by atoms with Crippen molar-refractivity contribution in [2.75, 3.05) is 0 Å². The summed E-state index contributed by atoms with van der Waals surface area (Å²) >= 11 is 0. The second-order valence-electron chi connectivity index (χ2n) is 6.57. The summed E-state index contributed by atoms with van der Waals surface area (Å²) in [4.78, 5) is 12.2. The lowest BCUT2D eigenvalue weighted by atomic mass is 9.95. The number of carbonyl (C=O) groups excluding carboxylic acids is 1. The minimum absolute atomic E-state index is 0.307. The van der Waals surface area contributed by atoms with Gasteiger partial charge in [0, 0.05) is 12.1 Å². The Kier molecular flexibility index (Phi) is 4.21. The molecule has 0 amide bonds. The van der Waals surface area contributed by atoms with E-state index in [1.165, 1.54) is 27.9 Å². The summed E-state index contributed by atoms with van der Waals surface area (Å²) in [5.41, 5.74) is 6.66. The van der Waals surface area contributed by atoms with Gasteiger partial charge >= 0.3 is 5.97 Å². The Morgan fingerprint density at radius 3 is 2.54 bits per heavy atom. The molecule has 0 bridgehead atoms. The number of ether oxygens (including phenoxy) is 1. The molecule has 0 saturated heterocycles. The van der Waals surface area contributed by atoms with E-state index >= 15 is 0 Å². The lowest BCUT2D eigenvalue weighted by molar-refractivity contribution is 0.0562. The molecule has 0 unspecified atom stereocenters. The summed E-state index contributed by atoms with van der Waals surface area (Å²) in [5.74, 6) is 0.192. The van der Waals surface area contributed by atoms with Crippen molar-refractivity contribution in [3.05, 3.63) is 95.5 Å². The van der Waals surface area contributed by atoms with Crippen LogP contribution in [0.4, 0.5) is 0 Å². The van der Waals surface area contributed by atoms with Crippen LogP contribution in [-0.2, 0) is 24.1 Å². The van der Waals surface area contributed by atoms with Crippen LogP contribution in [0, 0.1) is 0 Å². The van der Waals surface area contributed by atoms with Gasteiger partial charge in [-0.3, -0.25) is 0 Å². The molecule has 1 aromatic heterocycles. The summed E-state index contributed by atoms with van der Waals surface area (Å²) in [6.07, 6.45) is 1.65. The van der Waals surface area contributed by atoms with E-state index in [0.717, 1.165) is 12.8 Å². The first kappa shape index (κ1) is 16.4. The largest absolute Gasteiger partial charge is 0.425 e. The van der Waals surface area contributed by atoms with Crippen molar-refractivity contribution in [1.82, 2.24) is 4.57 Å². The predicted octanol–water partition coefficient (Wildman–Crippen LogP) is 4.99. The smallest absolute Gasteiger partial charge is 0.360 e. The third-order valence-corrected chi connectivity index (χ3v) is 4.92. The molecule has 130 valence electrons. The van der Waals surface area contributed by atoms with Gasteiger partial charge in [-0.05, 0) is 34.7 Å². The van der Waals surface area contributed by atoms with E-state index in [-0.39, 0.29) is 5.97 Å². The van der Waals surface area contributed by atoms with Gasteiger partial charge in [0.2, 0.25) is 0 Å². The topological polar surface area (TPSA) is 31.2 Å². The Balaban J connectivity index is 1.80. The van der Waals surface area contributed by atoms with Gasteiger partial charge in [0.05, 0.1) is 6.54 Å². The first-order chi connectivity index (χ1) is 12.7. The van der Waals surface area contributed by atoms with Crippen molar-refractivity contribution in [1.29, 1.82) is 0 Å². The minimum Gasteiger partial charge on any atom is -0.425 e. The number of hydrogen-bond donors (Lipinski definition) is 0. The monoisotopic (exact) mass is 343 g/mol. The first-order valence-electron chi connectivity index (χ1n) is 8.92. The van der Waals surface area contributed by atoms with Gasteiger partial charge in [-0.2, -0.15) is 0 Å². The number of nitrogens with zero attached hydrogens (tertiary/aromatic N) is 1. The maximum atomic E-state index is 12.2. The Bertz CT molecular complexity index is 983. The van der Waals surface area contributed by atoms with Crippen LogP contribution in [0.1, 0.15) is 34.2 Å². The van der Waals surface area contributed by atoms with Crippen LogP contribution >= 0.6 is 0 Å². The Labute approximate surface area is 153 Å². The number of cyclic esters (lactones) is 1. The lowest BCUT2D eigenvalue weighted by Crippen LogP contribution is -2.22. The highest BCUT2D eigenvalue weighted by Crippen LogP contribution is 2.30. The highest BCUT2D eigenvalue weighted by atomic mass is 16.5. The van der Waals surface area contributed by atoms with Gasteiger partial charge < -0.3 is 9.30 Å². The zero-order valence-electron chi connectivity index (χ0n) is 14.9. The number of allylic oxidation sites excluding steroid dienone is 1. The van der Waals surface area contributed by atoms with Crippen molar-refractivity contribution >= 4 is 5.97 Å². The minimum atomic E-state index is -0.307. The van der Waals surface area contributed by atoms with Crippen LogP contribution in [-0.4, -0.2) is 10.5 Å². The van der Waals surface area contributed by atoms with Crippen LogP contribution in [0.25, 0.3) is 11.1 Å². The molecule has 0 atom stereocenters. The Morgan fingerprint density at radius 1 is 1.04 bits per heavy atom. The molecule has 1 aliphatic rings. The van der Waals surface area contributed by atoms with E-state index in [9.17, 15) is 4.79 Å². The molecule has 4 rings (SSSR count). The number of carbonyl (C=O) groups is 1. The maximum absolute atomic E-state index is 12.2. The number of fused-ring (bicyclic) bond motifs is 1. The SMILES string of the molecule is C=C1Cn2c(cc(CC)c2Cc2ccccc2-c2ccccc2)C(=O)O1. The molecule has 3 heteroatoms. The molecule has 0 spiro atoms. The van der Waals surface area contributed by atoms with Crippen LogP contribution in [0.3, 0.4) is 0 Å². The van der Waals surface area contributed by atoms with Crippen molar-refractivity contribution in [3.63, 3.8) is 0 Å². The molecule has 1 aliphatic heterocycles. The average molecular weight is 343 g/mol. The van der Waals surface area contributed by atoms with Crippen molar-refractivity contribution in [2.24, 2.45) is 0 Å². The lowest BCUT2D eigenvalue weighted by Gasteiger charge is -2.20. The van der Waals surface area contributed by atoms with E-state index in [4.69, 9.17) is 4.74 Å². The second-order valence-corrected chi connectivity index (χ2v) is 6.57. The average Bonchev–Trinajstić information content (AvgIpc) is 3.01. The molecule has 0 radical (unpaired) electrons. The number of benzene rings is 2. The fourth-order valence-corrected chi connectivity index (χ4v) is 3.66. The molecular formula is C23H21NO2. The molecule has 0 N–H and O–H groups in total. The van der Waals surface area contributed by atoms with Gasteiger partial charge in [-0.25, -0.2) is 4.79 Å². The quantitative estimate of drug-likeness (QED) is 0.625. The van der Waals surface area contributed by atoms with Crippen LogP contribution in [0.5, 0.6) is 0 Å². The molecule has 0 aliphatic carbocycles. The van der Waals surface area contributed by atoms with Gasteiger partial charge in [0.25, 0.3) is 0 Å². The summed E-state index contributed by atoms with van der Waals surface area (Å²) < 4.78 is 7.28. The molecule has 2 heterocycles. The summed E-state index contributed by atoms with van der Waals surface area (Å²) in [6.45, 7) is 6.50. The Hall–Kier alpha value is -3.07. The van der Waals surface area contributed by atoms with E-state index in [0.29, 0.717) is 18.0 Å². The number of rotatable bonds is 4. The van der Waals surface area contributed by atoms with Crippen molar-refractivity contribution < 1.29 is 9.53 Å². The first-order valence-corrected chi connectivity index (χ1v) is 8.92. The second kappa shape index (κ2) is 6.68. The van der Waals surface area contributed by atoms with E-state index in [2.05, 4.69) is 66.6 Å². The van der Waals surface area contributed by atoms with E-state index in [1.807, 2.05) is 12.1 Å². The highest BCUT2D eigenvalue weighted by molar-refractivity contribution is 5.90. The van der Waals surface area contributed by atoms with Crippen LogP contribution < -0.4 is 0 Å². The predicted molar refractivity (Wildman–Crippen MR) is 103 cm³/mol. The standard InChI is InChI=1S/C23H21NO2/c1-3-17-13-22-23(25)26-16(2)15-24(22)21(17)14-19-11-7-8-12-20(19)18-9-5-4-6-10-18/h4-13H,2-3,14-15H2,1H3. The molecule has 2 aromatic carbocycles. The molecule has 0 saturated carbocycles. The van der Waals surface area contributed by atoms with Crippen molar-refractivity contribution in [3.8, 4) is 11.1 Å². The number of esters is 1. The third kappa shape index (κ3) is 2.86. The fourth-order valence-electron chi connectivity index (χ4n) is 3.66. The van der Waals surface area contributed by atoms with Crippen LogP contribution in [0.15, 0.2) is 73.0 Å².